The lowest BCUT2D eigenvalue weighted by Gasteiger charge is -2.24. The van der Waals surface area contributed by atoms with Gasteiger partial charge < -0.3 is 9.47 Å². The molecule has 3 rings (SSSR count). The van der Waals surface area contributed by atoms with Crippen LogP contribution in [-0.2, 0) is 28.7 Å². The van der Waals surface area contributed by atoms with Gasteiger partial charge in [0.1, 0.15) is 12.4 Å². The third-order valence-electron chi connectivity index (χ3n) is 6.18. The minimum Gasteiger partial charge on any atom is -0.488 e. The van der Waals surface area contributed by atoms with Gasteiger partial charge in [0.2, 0.25) is 0 Å². The predicted molar refractivity (Wildman–Crippen MR) is 131 cm³/mol. The minimum absolute atomic E-state index is 0.139. The molecule has 0 aliphatic carbocycles. The molecule has 186 valence electrons. The number of aryl methyl sites for hydroxylation is 2. The van der Waals surface area contributed by atoms with Crippen LogP contribution >= 0.6 is 0 Å². The highest BCUT2D eigenvalue weighted by Crippen LogP contribution is 2.45. The molecule has 3 aromatic rings. The van der Waals surface area contributed by atoms with Crippen LogP contribution in [0.3, 0.4) is 0 Å². The van der Waals surface area contributed by atoms with E-state index in [0.29, 0.717) is 5.56 Å². The molecule has 0 saturated heterocycles. The SMILES string of the molecule is CCCCc1cc(-c2c(OCc3ccccc3)ccc(C(F)(F)F)c2C(C)C(=O)OC)ccc1C. The van der Waals surface area contributed by atoms with Crippen molar-refractivity contribution in [2.45, 2.75) is 58.7 Å². The standard InChI is InChI=1S/C29H31F3O3/c1-5-6-12-22-17-23(14-13-19(22)2)27-25(35-18-21-10-8-7-9-11-21)16-15-24(29(30,31)32)26(27)20(3)28(33)34-4/h7-11,13-17,20H,5-6,12,18H2,1-4H3. The maximum absolute atomic E-state index is 14.2. The van der Waals surface area contributed by atoms with Crippen molar-refractivity contribution in [3.8, 4) is 16.9 Å². The molecule has 35 heavy (non-hydrogen) atoms. The Balaban J connectivity index is 2.26. The highest BCUT2D eigenvalue weighted by atomic mass is 19.4. The van der Waals surface area contributed by atoms with Crippen molar-refractivity contribution in [1.29, 1.82) is 0 Å². The summed E-state index contributed by atoms with van der Waals surface area (Å²) in [4.78, 5) is 12.5. The molecular formula is C29H31F3O3. The van der Waals surface area contributed by atoms with Gasteiger partial charge in [0.05, 0.1) is 18.6 Å². The Kier molecular flexibility index (Phi) is 8.60. The fraction of sp³-hybridized carbons (Fsp3) is 0.345. The van der Waals surface area contributed by atoms with Gasteiger partial charge in [-0.3, -0.25) is 4.79 Å². The number of benzene rings is 3. The fourth-order valence-electron chi connectivity index (χ4n) is 4.21. The van der Waals surface area contributed by atoms with Crippen LogP contribution in [0.25, 0.3) is 11.1 Å². The second-order valence-electron chi connectivity index (χ2n) is 8.66. The summed E-state index contributed by atoms with van der Waals surface area (Å²) in [6.45, 7) is 5.70. The summed E-state index contributed by atoms with van der Waals surface area (Å²) in [5.41, 5.74) is 2.87. The first-order valence-electron chi connectivity index (χ1n) is 11.8. The van der Waals surface area contributed by atoms with Gasteiger partial charge in [0.25, 0.3) is 0 Å². The Labute approximate surface area is 204 Å². The normalized spacial score (nSPS) is 12.3. The van der Waals surface area contributed by atoms with E-state index in [9.17, 15) is 18.0 Å². The molecule has 1 atom stereocenters. The molecule has 0 aliphatic heterocycles. The van der Waals surface area contributed by atoms with E-state index in [1.165, 1.54) is 20.1 Å². The van der Waals surface area contributed by atoms with Crippen LogP contribution < -0.4 is 4.74 Å². The molecule has 0 heterocycles. The summed E-state index contributed by atoms with van der Waals surface area (Å²) in [6.07, 6.45) is -1.86. The maximum Gasteiger partial charge on any atom is 0.416 e. The number of hydrogen-bond acceptors (Lipinski definition) is 3. The van der Waals surface area contributed by atoms with Crippen LogP contribution in [0.2, 0.25) is 0 Å². The van der Waals surface area contributed by atoms with Gasteiger partial charge in [-0.15, -0.1) is 0 Å². The van der Waals surface area contributed by atoms with Crippen molar-refractivity contribution >= 4 is 5.97 Å². The van der Waals surface area contributed by atoms with Crippen molar-refractivity contribution in [1.82, 2.24) is 0 Å². The summed E-state index contributed by atoms with van der Waals surface area (Å²) in [5.74, 6) is -1.60. The van der Waals surface area contributed by atoms with Crippen LogP contribution in [0.15, 0.2) is 60.7 Å². The van der Waals surface area contributed by atoms with Gasteiger partial charge in [0, 0.05) is 5.56 Å². The molecule has 0 aromatic heterocycles. The summed E-state index contributed by atoms with van der Waals surface area (Å²) in [6, 6.07) is 17.4. The number of ether oxygens (including phenoxy) is 2. The van der Waals surface area contributed by atoms with Crippen LogP contribution in [0.1, 0.15) is 60.4 Å². The van der Waals surface area contributed by atoms with E-state index in [2.05, 4.69) is 6.92 Å². The van der Waals surface area contributed by atoms with Crippen molar-refractivity contribution < 1.29 is 27.4 Å². The maximum atomic E-state index is 14.2. The number of hydrogen-bond donors (Lipinski definition) is 0. The summed E-state index contributed by atoms with van der Waals surface area (Å²) in [5, 5.41) is 0. The van der Waals surface area contributed by atoms with Crippen LogP contribution in [0, 0.1) is 6.92 Å². The van der Waals surface area contributed by atoms with E-state index in [1.54, 1.807) is 6.07 Å². The van der Waals surface area contributed by atoms with Gasteiger partial charge in [-0.1, -0.05) is 61.9 Å². The van der Waals surface area contributed by atoms with Crippen molar-refractivity contribution in [3.05, 3.63) is 88.5 Å². The Morgan fingerprint density at radius 2 is 1.74 bits per heavy atom. The third-order valence-corrected chi connectivity index (χ3v) is 6.18. The third kappa shape index (κ3) is 6.24. The average Bonchev–Trinajstić information content (AvgIpc) is 2.85. The topological polar surface area (TPSA) is 35.5 Å². The molecular weight excluding hydrogens is 453 g/mol. The van der Waals surface area contributed by atoms with E-state index in [4.69, 9.17) is 9.47 Å². The van der Waals surface area contributed by atoms with Crippen molar-refractivity contribution in [3.63, 3.8) is 0 Å². The number of methoxy groups -OCH3 is 1. The lowest BCUT2D eigenvalue weighted by atomic mass is 9.85. The van der Waals surface area contributed by atoms with Crippen LogP contribution in [0.5, 0.6) is 5.75 Å². The highest BCUT2D eigenvalue weighted by Gasteiger charge is 2.39. The molecule has 1 unspecified atom stereocenters. The predicted octanol–water partition coefficient (Wildman–Crippen LogP) is 7.88. The number of carbonyl (C=O) groups excluding carboxylic acids is 1. The second-order valence-corrected chi connectivity index (χ2v) is 8.66. The molecule has 6 heteroatoms. The first-order valence-corrected chi connectivity index (χ1v) is 11.8. The van der Waals surface area contributed by atoms with Crippen LogP contribution in [-0.4, -0.2) is 13.1 Å². The number of unbranched alkanes of at least 4 members (excludes halogenated alkanes) is 1. The zero-order valence-corrected chi connectivity index (χ0v) is 20.5. The zero-order valence-electron chi connectivity index (χ0n) is 20.5. The molecule has 0 radical (unpaired) electrons. The monoisotopic (exact) mass is 484 g/mol. The van der Waals surface area contributed by atoms with Crippen molar-refractivity contribution in [2.24, 2.45) is 0 Å². The van der Waals surface area contributed by atoms with E-state index in [0.717, 1.165) is 42.0 Å². The van der Waals surface area contributed by atoms with Gasteiger partial charge in [-0.05, 0) is 66.6 Å². The van der Waals surface area contributed by atoms with Gasteiger partial charge >= 0.3 is 12.1 Å². The van der Waals surface area contributed by atoms with Gasteiger partial charge in [-0.25, -0.2) is 0 Å². The molecule has 0 N–H and O–H groups in total. The number of rotatable bonds is 9. The highest BCUT2D eigenvalue weighted by molar-refractivity contribution is 5.86. The second kappa shape index (κ2) is 11.4. The van der Waals surface area contributed by atoms with Gasteiger partial charge in [0.15, 0.2) is 0 Å². The first-order chi connectivity index (χ1) is 16.7. The summed E-state index contributed by atoms with van der Waals surface area (Å²) in [7, 11) is 1.18. The molecule has 0 saturated carbocycles. The molecule has 0 amide bonds. The summed E-state index contributed by atoms with van der Waals surface area (Å²) >= 11 is 0. The average molecular weight is 485 g/mol. The van der Waals surface area contributed by atoms with E-state index < -0.39 is 23.6 Å². The lowest BCUT2D eigenvalue weighted by Crippen LogP contribution is -2.19. The Morgan fingerprint density at radius 1 is 1.03 bits per heavy atom. The number of alkyl halides is 3. The molecule has 0 fully saturated rings. The fourth-order valence-corrected chi connectivity index (χ4v) is 4.21. The largest absolute Gasteiger partial charge is 0.488 e. The first kappa shape index (κ1) is 26.3. The molecule has 0 aliphatic rings. The smallest absolute Gasteiger partial charge is 0.416 e. The Morgan fingerprint density at radius 3 is 2.37 bits per heavy atom. The molecule has 3 aromatic carbocycles. The molecule has 0 bridgehead atoms. The Hall–Kier alpha value is -3.28. The number of halogens is 3. The van der Waals surface area contributed by atoms with Crippen LogP contribution in [0.4, 0.5) is 13.2 Å². The van der Waals surface area contributed by atoms with E-state index >= 15 is 0 Å². The van der Waals surface area contributed by atoms with E-state index in [1.807, 2.05) is 49.4 Å². The molecule has 3 nitrogen and oxygen atoms in total. The minimum atomic E-state index is -4.65. The van der Waals surface area contributed by atoms with Gasteiger partial charge in [-0.2, -0.15) is 13.2 Å². The van der Waals surface area contributed by atoms with E-state index in [-0.39, 0.29) is 23.5 Å². The zero-order chi connectivity index (χ0) is 25.6. The molecule has 0 spiro atoms. The number of esters is 1. The number of carbonyl (C=O) groups is 1. The lowest BCUT2D eigenvalue weighted by molar-refractivity contribution is -0.143. The summed E-state index contributed by atoms with van der Waals surface area (Å²) < 4.78 is 53.4. The van der Waals surface area contributed by atoms with Crippen molar-refractivity contribution in [2.75, 3.05) is 7.11 Å². The Bertz CT molecular complexity index is 1150. The quantitative estimate of drug-likeness (QED) is 0.290.